The number of hydrogen-bond donors (Lipinski definition) is 3. The molecule has 0 spiro atoms. The first kappa shape index (κ1) is 14.5. The van der Waals surface area contributed by atoms with E-state index in [1.165, 1.54) is 24.3 Å². The topological polar surface area (TPSA) is 121 Å². The maximum atomic E-state index is 10.9. The number of imidazole rings is 1. The highest BCUT2D eigenvalue weighted by Crippen LogP contribution is 2.17. The lowest BCUT2D eigenvalue weighted by Gasteiger charge is -2.02. The molecule has 8 nitrogen and oxygen atoms in total. The van der Waals surface area contributed by atoms with E-state index in [4.69, 9.17) is 5.11 Å². The molecule has 3 N–H and O–H groups in total. The fourth-order valence-electron chi connectivity index (χ4n) is 2.15. The van der Waals surface area contributed by atoms with E-state index in [-0.39, 0.29) is 11.3 Å². The van der Waals surface area contributed by atoms with Crippen molar-refractivity contribution in [3.05, 3.63) is 63.7 Å². The van der Waals surface area contributed by atoms with Crippen molar-refractivity contribution < 1.29 is 14.8 Å². The molecule has 0 unspecified atom stereocenters. The maximum Gasteiger partial charge on any atom is 0.335 e. The van der Waals surface area contributed by atoms with E-state index >= 15 is 0 Å². The highest BCUT2D eigenvalue weighted by Gasteiger charge is 2.08. The SMILES string of the molecule is O=C(O)c1ccc2nc(NCc3ccc([N+](=O)[O-])cc3)[nH]c2c1. The lowest BCUT2D eigenvalue weighted by Crippen LogP contribution is -2.00. The van der Waals surface area contributed by atoms with Crippen molar-refractivity contribution in [3.63, 3.8) is 0 Å². The van der Waals surface area contributed by atoms with Crippen molar-refractivity contribution in [1.29, 1.82) is 0 Å². The zero-order valence-electron chi connectivity index (χ0n) is 11.8. The average molecular weight is 312 g/mol. The van der Waals surface area contributed by atoms with Gasteiger partial charge in [-0.1, -0.05) is 12.1 Å². The van der Waals surface area contributed by atoms with Gasteiger partial charge in [0.05, 0.1) is 21.5 Å². The smallest absolute Gasteiger partial charge is 0.335 e. The number of nitro benzene ring substituents is 1. The van der Waals surface area contributed by atoms with Gasteiger partial charge in [0, 0.05) is 18.7 Å². The number of fused-ring (bicyclic) bond motifs is 1. The molecular formula is C15H12N4O4. The summed E-state index contributed by atoms with van der Waals surface area (Å²) in [5.41, 5.74) is 2.36. The van der Waals surface area contributed by atoms with Crippen LogP contribution in [0.15, 0.2) is 42.5 Å². The number of carboxylic acid groups (broad SMARTS) is 1. The molecule has 0 atom stereocenters. The Bertz CT molecular complexity index is 886. The summed E-state index contributed by atoms with van der Waals surface area (Å²) in [5, 5.41) is 22.6. The summed E-state index contributed by atoms with van der Waals surface area (Å²) in [6.45, 7) is 0.434. The van der Waals surface area contributed by atoms with Crippen LogP contribution in [0.1, 0.15) is 15.9 Å². The molecule has 1 aromatic heterocycles. The van der Waals surface area contributed by atoms with Crippen LogP contribution in [0.4, 0.5) is 11.6 Å². The standard InChI is InChI=1S/C15H12N4O4/c20-14(21)10-3-6-12-13(7-10)18-15(17-12)16-8-9-1-4-11(5-2-9)19(22)23/h1-7H,8H2,(H,20,21)(H2,16,17,18). The third kappa shape index (κ3) is 3.10. The van der Waals surface area contributed by atoms with Crippen molar-refractivity contribution in [2.45, 2.75) is 6.54 Å². The zero-order valence-corrected chi connectivity index (χ0v) is 11.8. The number of carbonyl (C=O) groups is 1. The number of nitro groups is 1. The predicted molar refractivity (Wildman–Crippen MR) is 83.5 cm³/mol. The summed E-state index contributed by atoms with van der Waals surface area (Å²) >= 11 is 0. The van der Waals surface area contributed by atoms with Crippen molar-refractivity contribution >= 4 is 28.6 Å². The van der Waals surface area contributed by atoms with E-state index in [9.17, 15) is 14.9 Å². The minimum Gasteiger partial charge on any atom is -0.478 e. The van der Waals surface area contributed by atoms with Gasteiger partial charge in [0.1, 0.15) is 0 Å². The second-order valence-electron chi connectivity index (χ2n) is 4.90. The molecule has 0 aliphatic carbocycles. The number of anilines is 1. The average Bonchev–Trinajstić information content (AvgIpc) is 2.95. The van der Waals surface area contributed by atoms with E-state index in [0.29, 0.717) is 23.5 Å². The number of carboxylic acids is 1. The molecule has 2 aromatic carbocycles. The van der Waals surface area contributed by atoms with Gasteiger partial charge in [0.2, 0.25) is 5.95 Å². The largest absolute Gasteiger partial charge is 0.478 e. The van der Waals surface area contributed by atoms with Crippen LogP contribution in [-0.4, -0.2) is 26.0 Å². The number of nitrogens with one attached hydrogen (secondary N) is 2. The van der Waals surface area contributed by atoms with Gasteiger partial charge in [-0.2, -0.15) is 0 Å². The molecule has 0 fully saturated rings. The Kier molecular flexibility index (Phi) is 3.63. The van der Waals surface area contributed by atoms with E-state index in [1.807, 2.05) is 0 Å². The number of hydrogen-bond acceptors (Lipinski definition) is 5. The third-order valence-corrected chi connectivity index (χ3v) is 3.34. The van der Waals surface area contributed by atoms with Crippen LogP contribution in [0.3, 0.4) is 0 Å². The molecule has 0 bridgehead atoms. The van der Waals surface area contributed by atoms with Crippen LogP contribution < -0.4 is 5.32 Å². The van der Waals surface area contributed by atoms with Crippen LogP contribution in [0, 0.1) is 10.1 Å². The number of H-pyrrole nitrogens is 1. The first-order valence-corrected chi connectivity index (χ1v) is 6.73. The highest BCUT2D eigenvalue weighted by atomic mass is 16.6. The Balaban J connectivity index is 1.74. The minimum absolute atomic E-state index is 0.0405. The number of aromatic nitrogens is 2. The Morgan fingerprint density at radius 2 is 2.00 bits per heavy atom. The van der Waals surface area contributed by atoms with Crippen molar-refractivity contribution in [2.75, 3.05) is 5.32 Å². The number of aromatic amines is 1. The second-order valence-corrected chi connectivity index (χ2v) is 4.90. The molecule has 116 valence electrons. The van der Waals surface area contributed by atoms with Crippen molar-refractivity contribution in [1.82, 2.24) is 9.97 Å². The number of benzene rings is 2. The fraction of sp³-hybridized carbons (Fsp3) is 0.0667. The van der Waals surface area contributed by atoms with Crippen LogP contribution >= 0.6 is 0 Å². The molecule has 0 aliphatic heterocycles. The molecular weight excluding hydrogens is 300 g/mol. The van der Waals surface area contributed by atoms with Gasteiger partial charge in [0.15, 0.2) is 0 Å². The summed E-state index contributed by atoms with van der Waals surface area (Å²) in [4.78, 5) is 28.4. The first-order valence-electron chi connectivity index (χ1n) is 6.73. The van der Waals surface area contributed by atoms with Gasteiger partial charge in [0.25, 0.3) is 5.69 Å². The summed E-state index contributed by atoms with van der Waals surface area (Å²) in [6, 6.07) is 10.8. The number of non-ortho nitro benzene ring substituents is 1. The highest BCUT2D eigenvalue weighted by molar-refractivity contribution is 5.92. The lowest BCUT2D eigenvalue weighted by atomic mass is 10.2. The molecule has 1 heterocycles. The molecule has 8 heteroatoms. The Hall–Kier alpha value is -3.42. The zero-order chi connectivity index (χ0) is 16.4. The van der Waals surface area contributed by atoms with E-state index in [2.05, 4.69) is 15.3 Å². The van der Waals surface area contributed by atoms with Crippen molar-refractivity contribution in [3.8, 4) is 0 Å². The van der Waals surface area contributed by atoms with Gasteiger partial charge in [-0.05, 0) is 23.8 Å². The first-order chi connectivity index (χ1) is 11.0. The molecule has 3 aromatic rings. The molecule has 0 amide bonds. The van der Waals surface area contributed by atoms with Gasteiger partial charge in [-0.25, -0.2) is 9.78 Å². The number of nitrogens with zero attached hydrogens (tertiary/aromatic N) is 2. The van der Waals surface area contributed by atoms with E-state index in [1.54, 1.807) is 18.2 Å². The van der Waals surface area contributed by atoms with Gasteiger partial charge in [-0.3, -0.25) is 10.1 Å². The molecule has 23 heavy (non-hydrogen) atoms. The molecule has 0 aliphatic rings. The van der Waals surface area contributed by atoms with E-state index < -0.39 is 10.9 Å². The molecule has 3 rings (SSSR count). The summed E-state index contributed by atoms with van der Waals surface area (Å²) < 4.78 is 0. The normalized spacial score (nSPS) is 10.6. The minimum atomic E-state index is -0.998. The molecule has 0 radical (unpaired) electrons. The van der Waals surface area contributed by atoms with Crippen molar-refractivity contribution in [2.24, 2.45) is 0 Å². The molecule has 0 saturated heterocycles. The number of rotatable bonds is 5. The summed E-state index contributed by atoms with van der Waals surface area (Å²) in [7, 11) is 0. The molecule has 0 saturated carbocycles. The van der Waals surface area contributed by atoms with Gasteiger partial charge in [-0.15, -0.1) is 0 Å². The van der Waals surface area contributed by atoms with Crippen LogP contribution in [0.5, 0.6) is 0 Å². The quantitative estimate of drug-likeness (QED) is 0.492. The summed E-state index contributed by atoms with van der Waals surface area (Å²) in [6.07, 6.45) is 0. The Morgan fingerprint density at radius 1 is 1.26 bits per heavy atom. The monoisotopic (exact) mass is 312 g/mol. The fourth-order valence-corrected chi connectivity index (χ4v) is 2.15. The number of aromatic carboxylic acids is 1. The Labute approximate surface area is 129 Å². The lowest BCUT2D eigenvalue weighted by molar-refractivity contribution is -0.384. The second kappa shape index (κ2) is 5.76. The summed E-state index contributed by atoms with van der Waals surface area (Å²) in [5.74, 6) is -0.497. The maximum absolute atomic E-state index is 10.9. The van der Waals surface area contributed by atoms with Crippen LogP contribution in [0.2, 0.25) is 0 Å². The van der Waals surface area contributed by atoms with Crippen LogP contribution in [0.25, 0.3) is 11.0 Å². The Morgan fingerprint density at radius 3 is 2.65 bits per heavy atom. The third-order valence-electron chi connectivity index (χ3n) is 3.34. The van der Waals surface area contributed by atoms with E-state index in [0.717, 1.165) is 5.56 Å². The van der Waals surface area contributed by atoms with Gasteiger partial charge >= 0.3 is 5.97 Å². The van der Waals surface area contributed by atoms with Crippen LogP contribution in [-0.2, 0) is 6.54 Å². The predicted octanol–water partition coefficient (Wildman–Crippen LogP) is 2.78. The van der Waals surface area contributed by atoms with Gasteiger partial charge < -0.3 is 15.4 Å².